The first-order valence-corrected chi connectivity index (χ1v) is 6.47. The molecule has 0 N–H and O–H groups in total. The van der Waals surface area contributed by atoms with E-state index in [4.69, 9.17) is 4.74 Å². The molecular weight excluding hydrogens is 188 g/mol. The van der Waals surface area contributed by atoms with Crippen molar-refractivity contribution >= 4 is 5.97 Å². The van der Waals surface area contributed by atoms with Crippen molar-refractivity contribution in [3.63, 3.8) is 0 Å². The number of ether oxygens (including phenoxy) is 1. The fraction of sp³-hybridized carbons (Fsp3) is 0.923. The third kappa shape index (κ3) is 4.23. The molecule has 0 aromatic heterocycles. The Labute approximate surface area is 93.4 Å². The summed E-state index contributed by atoms with van der Waals surface area (Å²) in [6.45, 7) is 4.09. The summed E-state index contributed by atoms with van der Waals surface area (Å²) in [7, 11) is 0. The quantitative estimate of drug-likeness (QED) is 0.650. The van der Waals surface area contributed by atoms with Crippen LogP contribution in [0.15, 0.2) is 0 Å². The van der Waals surface area contributed by atoms with Crippen LogP contribution in [0.3, 0.4) is 0 Å². The first kappa shape index (κ1) is 12.5. The molecule has 1 fully saturated rings. The number of hydrogen-bond acceptors (Lipinski definition) is 2. The van der Waals surface area contributed by atoms with Crippen molar-refractivity contribution in [2.75, 3.05) is 0 Å². The topological polar surface area (TPSA) is 26.3 Å². The highest BCUT2D eigenvalue weighted by molar-refractivity contribution is 5.69. The molecule has 0 unspecified atom stereocenters. The molecule has 2 atom stereocenters. The highest BCUT2D eigenvalue weighted by atomic mass is 16.5. The molecule has 2 heteroatoms. The normalized spacial score (nSPS) is 26.3. The summed E-state index contributed by atoms with van der Waals surface area (Å²) in [5, 5.41) is 0. The lowest BCUT2D eigenvalue weighted by atomic mass is 9.83. The van der Waals surface area contributed by atoms with E-state index < -0.39 is 0 Å². The van der Waals surface area contributed by atoms with E-state index >= 15 is 0 Å². The maximum Gasteiger partial charge on any atom is 0.305 e. The second-order valence-corrected chi connectivity index (χ2v) is 4.57. The smallest absolute Gasteiger partial charge is 0.305 e. The van der Waals surface area contributed by atoms with E-state index in [0.717, 1.165) is 6.42 Å². The Morgan fingerprint density at radius 3 is 2.67 bits per heavy atom. The molecule has 0 radical (unpaired) electrons. The Hall–Kier alpha value is -0.530. The van der Waals surface area contributed by atoms with Crippen LogP contribution in [0, 0.1) is 5.92 Å². The summed E-state index contributed by atoms with van der Waals surface area (Å²) in [6.07, 6.45) is 9.35. The molecule has 0 saturated heterocycles. The van der Waals surface area contributed by atoms with Crippen LogP contribution in [-0.2, 0) is 9.53 Å². The second-order valence-electron chi connectivity index (χ2n) is 4.57. The van der Waals surface area contributed by atoms with Crippen molar-refractivity contribution in [3.05, 3.63) is 0 Å². The van der Waals surface area contributed by atoms with E-state index in [9.17, 15) is 4.79 Å². The largest absolute Gasteiger partial charge is 0.462 e. The average Bonchev–Trinajstić information content (AvgIpc) is 2.28. The van der Waals surface area contributed by atoms with Gasteiger partial charge in [-0.3, -0.25) is 4.79 Å². The number of rotatable bonds is 5. The Kier molecular flexibility index (Phi) is 5.74. The molecule has 1 aliphatic carbocycles. The molecular formula is C13H24O2. The van der Waals surface area contributed by atoms with Crippen molar-refractivity contribution < 1.29 is 9.53 Å². The fourth-order valence-electron chi connectivity index (χ4n) is 2.38. The van der Waals surface area contributed by atoms with Crippen molar-refractivity contribution in [2.24, 2.45) is 5.92 Å². The van der Waals surface area contributed by atoms with Crippen LogP contribution in [0.5, 0.6) is 0 Å². The Bertz CT molecular complexity index is 189. The summed E-state index contributed by atoms with van der Waals surface area (Å²) in [4.78, 5) is 11.3. The minimum absolute atomic E-state index is 0.0246. The zero-order valence-corrected chi connectivity index (χ0v) is 10.1. The highest BCUT2D eigenvalue weighted by Crippen LogP contribution is 2.30. The lowest BCUT2D eigenvalue weighted by molar-refractivity contribution is -0.153. The van der Waals surface area contributed by atoms with Crippen molar-refractivity contribution in [1.29, 1.82) is 0 Å². The molecule has 15 heavy (non-hydrogen) atoms. The summed E-state index contributed by atoms with van der Waals surface area (Å²) < 4.78 is 5.51. The molecule has 2 nitrogen and oxygen atoms in total. The monoisotopic (exact) mass is 212 g/mol. The van der Waals surface area contributed by atoms with Gasteiger partial charge in [0.05, 0.1) is 0 Å². The lowest BCUT2D eigenvalue weighted by Crippen LogP contribution is -2.29. The molecule has 0 aromatic rings. The van der Waals surface area contributed by atoms with Gasteiger partial charge >= 0.3 is 5.97 Å². The van der Waals surface area contributed by atoms with E-state index in [1.807, 2.05) is 6.92 Å². The van der Waals surface area contributed by atoms with Gasteiger partial charge in [0.15, 0.2) is 0 Å². The van der Waals surface area contributed by atoms with E-state index in [2.05, 4.69) is 6.92 Å². The van der Waals surface area contributed by atoms with Gasteiger partial charge in [0.1, 0.15) is 6.10 Å². The summed E-state index contributed by atoms with van der Waals surface area (Å²) in [5.41, 5.74) is 0. The third-order valence-corrected chi connectivity index (χ3v) is 3.34. The maximum atomic E-state index is 11.3. The third-order valence-electron chi connectivity index (χ3n) is 3.34. The zero-order chi connectivity index (χ0) is 11.1. The Morgan fingerprint density at radius 2 is 2.00 bits per heavy atom. The van der Waals surface area contributed by atoms with Gasteiger partial charge in [0.2, 0.25) is 0 Å². The van der Waals surface area contributed by atoms with Gasteiger partial charge in [-0.05, 0) is 31.6 Å². The molecule has 0 spiro atoms. The summed E-state index contributed by atoms with van der Waals surface area (Å²) in [5.74, 6) is 0.609. The van der Waals surface area contributed by atoms with Gasteiger partial charge in [0, 0.05) is 6.42 Å². The second kappa shape index (κ2) is 6.86. The number of carbonyl (C=O) groups excluding carboxylic acids is 1. The van der Waals surface area contributed by atoms with Gasteiger partial charge in [0.25, 0.3) is 0 Å². The summed E-state index contributed by atoms with van der Waals surface area (Å²) in [6, 6.07) is 0. The molecule has 1 rings (SSSR count). The molecule has 0 aromatic carbocycles. The van der Waals surface area contributed by atoms with Crippen LogP contribution in [0.2, 0.25) is 0 Å². The molecule has 0 heterocycles. The molecule has 0 amide bonds. The first-order valence-electron chi connectivity index (χ1n) is 6.47. The van der Waals surface area contributed by atoms with Crippen molar-refractivity contribution in [1.82, 2.24) is 0 Å². The van der Waals surface area contributed by atoms with Crippen molar-refractivity contribution in [2.45, 2.75) is 71.3 Å². The lowest BCUT2D eigenvalue weighted by Gasteiger charge is -2.31. The predicted molar refractivity (Wildman–Crippen MR) is 61.7 cm³/mol. The van der Waals surface area contributed by atoms with Crippen LogP contribution in [0.4, 0.5) is 0 Å². The highest BCUT2D eigenvalue weighted by Gasteiger charge is 2.27. The van der Waals surface area contributed by atoms with Crippen LogP contribution in [0.25, 0.3) is 0 Å². The molecule has 1 saturated carbocycles. The van der Waals surface area contributed by atoms with E-state index in [1.165, 1.54) is 38.5 Å². The van der Waals surface area contributed by atoms with E-state index in [0.29, 0.717) is 12.3 Å². The predicted octanol–water partition coefficient (Wildman–Crippen LogP) is 3.69. The first-order chi connectivity index (χ1) is 7.27. The molecule has 1 aliphatic rings. The molecule has 0 bridgehead atoms. The average molecular weight is 212 g/mol. The number of unbranched alkanes of at least 4 members (excludes halogenated alkanes) is 1. The van der Waals surface area contributed by atoms with Gasteiger partial charge in [-0.15, -0.1) is 0 Å². The Morgan fingerprint density at radius 1 is 1.27 bits per heavy atom. The van der Waals surface area contributed by atoms with Gasteiger partial charge in [-0.2, -0.15) is 0 Å². The van der Waals surface area contributed by atoms with Gasteiger partial charge in [-0.1, -0.05) is 33.1 Å². The molecule has 0 aliphatic heterocycles. The SMILES string of the molecule is CCCC[C@H]1CCCC[C@@H]1OC(=O)CC. The summed E-state index contributed by atoms with van der Waals surface area (Å²) >= 11 is 0. The van der Waals surface area contributed by atoms with Crippen LogP contribution in [0.1, 0.15) is 65.2 Å². The minimum atomic E-state index is -0.0246. The van der Waals surface area contributed by atoms with E-state index in [-0.39, 0.29) is 12.1 Å². The molecule has 88 valence electrons. The van der Waals surface area contributed by atoms with Crippen LogP contribution in [-0.4, -0.2) is 12.1 Å². The van der Waals surface area contributed by atoms with Gasteiger partial charge in [-0.25, -0.2) is 0 Å². The number of carbonyl (C=O) groups is 1. The maximum absolute atomic E-state index is 11.3. The standard InChI is InChI=1S/C13H24O2/c1-3-5-8-11-9-6-7-10-12(11)15-13(14)4-2/h11-12H,3-10H2,1-2H3/t11-,12-/m0/s1. The number of hydrogen-bond donors (Lipinski definition) is 0. The minimum Gasteiger partial charge on any atom is -0.462 e. The van der Waals surface area contributed by atoms with Crippen LogP contribution >= 0.6 is 0 Å². The zero-order valence-electron chi connectivity index (χ0n) is 10.1. The fourth-order valence-corrected chi connectivity index (χ4v) is 2.38. The number of esters is 1. The van der Waals surface area contributed by atoms with E-state index in [1.54, 1.807) is 0 Å². The Balaban J connectivity index is 2.38. The van der Waals surface area contributed by atoms with Gasteiger partial charge < -0.3 is 4.74 Å². The van der Waals surface area contributed by atoms with Crippen LogP contribution < -0.4 is 0 Å². The van der Waals surface area contributed by atoms with Crippen molar-refractivity contribution in [3.8, 4) is 0 Å².